The van der Waals surface area contributed by atoms with E-state index in [1.807, 2.05) is 6.07 Å². The van der Waals surface area contributed by atoms with E-state index >= 15 is 0 Å². The van der Waals surface area contributed by atoms with Crippen molar-refractivity contribution in [1.29, 1.82) is 5.26 Å². The van der Waals surface area contributed by atoms with Crippen LogP contribution in [0.1, 0.15) is 40.0 Å². The molecule has 0 radical (unpaired) electrons. The minimum absolute atomic E-state index is 0.0165. The molecule has 1 atom stereocenters. The van der Waals surface area contributed by atoms with Gasteiger partial charge < -0.3 is 9.47 Å². The van der Waals surface area contributed by atoms with Gasteiger partial charge in [0.15, 0.2) is 5.78 Å². The molecular formula is C25H20ClN3O3. The molecule has 1 aromatic heterocycles. The number of carbonyl (C=O) groups is 2. The second-order valence-corrected chi connectivity index (χ2v) is 8.37. The maximum Gasteiger partial charge on any atom is 0.254 e. The molecule has 1 amide bonds. The molecule has 1 aliphatic rings. The number of hydrogen-bond donors (Lipinski definition) is 0. The molecule has 7 heteroatoms. The van der Waals surface area contributed by atoms with Crippen LogP contribution in [0.25, 0.3) is 11.1 Å². The van der Waals surface area contributed by atoms with Crippen molar-refractivity contribution < 1.29 is 9.59 Å². The number of pyridine rings is 1. The zero-order valence-electron chi connectivity index (χ0n) is 17.6. The topological polar surface area (TPSA) is 83.2 Å². The number of aromatic nitrogens is 1. The van der Waals surface area contributed by atoms with Gasteiger partial charge in [-0.2, -0.15) is 5.26 Å². The number of carbonyl (C=O) groups excluding carboxylic acids is 2. The van der Waals surface area contributed by atoms with Gasteiger partial charge in [0.25, 0.3) is 11.5 Å². The van der Waals surface area contributed by atoms with Gasteiger partial charge in [-0.1, -0.05) is 23.7 Å². The van der Waals surface area contributed by atoms with Crippen LogP contribution >= 0.6 is 11.6 Å². The number of nitriles is 1. The number of ketones is 1. The van der Waals surface area contributed by atoms with Crippen LogP contribution < -0.4 is 5.56 Å². The van der Waals surface area contributed by atoms with E-state index in [4.69, 9.17) is 11.6 Å². The number of hydrogen-bond acceptors (Lipinski definition) is 4. The maximum absolute atomic E-state index is 12.9. The van der Waals surface area contributed by atoms with E-state index in [0.29, 0.717) is 33.8 Å². The van der Waals surface area contributed by atoms with Gasteiger partial charge in [-0.15, -0.1) is 0 Å². The second-order valence-electron chi connectivity index (χ2n) is 7.93. The third-order valence-electron chi connectivity index (χ3n) is 5.78. The first-order chi connectivity index (χ1) is 15.3. The van der Waals surface area contributed by atoms with Crippen molar-refractivity contribution >= 4 is 23.3 Å². The molecule has 0 aliphatic carbocycles. The molecule has 32 heavy (non-hydrogen) atoms. The predicted molar refractivity (Wildman–Crippen MR) is 122 cm³/mol. The molecule has 1 unspecified atom stereocenters. The summed E-state index contributed by atoms with van der Waals surface area (Å²) >= 11 is 6.06. The van der Waals surface area contributed by atoms with Crippen molar-refractivity contribution in [2.75, 3.05) is 7.05 Å². The number of fused-ring (bicyclic) bond motifs is 1. The van der Waals surface area contributed by atoms with Gasteiger partial charge in [0, 0.05) is 48.4 Å². The monoisotopic (exact) mass is 445 g/mol. The Hall–Kier alpha value is -3.69. The second kappa shape index (κ2) is 8.45. The molecule has 6 nitrogen and oxygen atoms in total. The summed E-state index contributed by atoms with van der Waals surface area (Å²) in [5.41, 5.74) is 3.60. The quantitative estimate of drug-likeness (QED) is 0.594. The van der Waals surface area contributed by atoms with Crippen LogP contribution in [0.5, 0.6) is 0 Å². The van der Waals surface area contributed by atoms with Crippen molar-refractivity contribution in [3.63, 3.8) is 0 Å². The summed E-state index contributed by atoms with van der Waals surface area (Å²) in [6.45, 7) is 2.22. The fraction of sp³-hybridized carbons (Fsp3) is 0.200. The first-order valence-electron chi connectivity index (χ1n) is 10.1. The molecule has 2 heterocycles. The molecule has 1 aliphatic heterocycles. The van der Waals surface area contributed by atoms with Crippen molar-refractivity contribution in [3.8, 4) is 17.2 Å². The van der Waals surface area contributed by atoms with E-state index < -0.39 is 6.04 Å². The molecule has 4 rings (SSSR count). The Kier molecular flexibility index (Phi) is 5.68. The third-order valence-corrected chi connectivity index (χ3v) is 6.01. The molecule has 0 bridgehead atoms. The Labute approximate surface area is 190 Å². The molecule has 2 aromatic carbocycles. The van der Waals surface area contributed by atoms with Crippen LogP contribution in [-0.4, -0.2) is 28.2 Å². The van der Waals surface area contributed by atoms with E-state index in [2.05, 4.69) is 6.07 Å². The minimum Gasteiger partial charge on any atom is -0.337 e. The van der Waals surface area contributed by atoms with Crippen molar-refractivity contribution in [1.82, 2.24) is 9.47 Å². The summed E-state index contributed by atoms with van der Waals surface area (Å²) in [7, 11) is 1.74. The van der Waals surface area contributed by atoms with Crippen LogP contribution in [0.2, 0.25) is 5.02 Å². The normalized spacial score (nSPS) is 13.6. The Morgan fingerprint density at radius 3 is 2.62 bits per heavy atom. The van der Waals surface area contributed by atoms with Gasteiger partial charge >= 0.3 is 0 Å². The molecule has 0 N–H and O–H groups in total. The summed E-state index contributed by atoms with van der Waals surface area (Å²) in [6.07, 6.45) is 1.73. The zero-order valence-corrected chi connectivity index (χ0v) is 18.4. The van der Waals surface area contributed by atoms with Gasteiger partial charge in [0.1, 0.15) is 0 Å². The Morgan fingerprint density at radius 2 is 1.91 bits per heavy atom. The van der Waals surface area contributed by atoms with Gasteiger partial charge in [-0.05, 0) is 53.9 Å². The van der Waals surface area contributed by atoms with E-state index in [1.54, 1.807) is 61.5 Å². The van der Waals surface area contributed by atoms with Crippen LogP contribution in [0.4, 0.5) is 0 Å². The molecule has 3 aromatic rings. The molecule has 0 saturated carbocycles. The summed E-state index contributed by atoms with van der Waals surface area (Å²) in [4.78, 5) is 39.4. The zero-order chi connectivity index (χ0) is 23.0. The Morgan fingerprint density at radius 1 is 1.12 bits per heavy atom. The van der Waals surface area contributed by atoms with Crippen molar-refractivity contribution in [3.05, 3.63) is 92.4 Å². The highest BCUT2D eigenvalue weighted by Gasteiger charge is 2.25. The highest BCUT2D eigenvalue weighted by molar-refractivity contribution is 6.30. The number of halogens is 1. The number of nitrogens with zero attached hydrogens (tertiary/aromatic N) is 3. The molecule has 0 saturated heterocycles. The average molecular weight is 446 g/mol. The number of rotatable bonds is 5. The lowest BCUT2D eigenvalue weighted by Gasteiger charge is -2.15. The van der Waals surface area contributed by atoms with Crippen LogP contribution in [0.3, 0.4) is 0 Å². The van der Waals surface area contributed by atoms with E-state index in [0.717, 1.165) is 11.1 Å². The van der Waals surface area contributed by atoms with Crippen LogP contribution in [-0.2, 0) is 17.8 Å². The summed E-state index contributed by atoms with van der Waals surface area (Å²) in [5.74, 6) is -0.130. The van der Waals surface area contributed by atoms with Gasteiger partial charge in [0.05, 0.1) is 17.7 Å². The lowest BCUT2D eigenvalue weighted by Crippen LogP contribution is -2.28. The van der Waals surface area contributed by atoms with Crippen molar-refractivity contribution in [2.45, 2.75) is 25.9 Å². The highest BCUT2D eigenvalue weighted by atomic mass is 35.5. The van der Waals surface area contributed by atoms with Gasteiger partial charge in [-0.25, -0.2) is 0 Å². The smallest absolute Gasteiger partial charge is 0.254 e. The first-order valence-corrected chi connectivity index (χ1v) is 10.5. The van der Waals surface area contributed by atoms with Gasteiger partial charge in [-0.3, -0.25) is 14.4 Å². The van der Waals surface area contributed by atoms with E-state index in [-0.39, 0.29) is 23.7 Å². The highest BCUT2D eigenvalue weighted by Crippen LogP contribution is 2.26. The third kappa shape index (κ3) is 3.95. The van der Waals surface area contributed by atoms with Gasteiger partial charge in [0.2, 0.25) is 0 Å². The van der Waals surface area contributed by atoms with Crippen LogP contribution in [0, 0.1) is 11.3 Å². The first kappa shape index (κ1) is 21.5. The van der Waals surface area contributed by atoms with Crippen LogP contribution in [0.15, 0.2) is 59.5 Å². The number of Topliss-reactive ketones (excluding diaryl/α,β-unsaturated/α-hetero) is 1. The molecule has 0 spiro atoms. The van der Waals surface area contributed by atoms with E-state index in [1.165, 1.54) is 10.6 Å². The predicted octanol–water partition coefficient (Wildman–Crippen LogP) is 4.00. The summed E-state index contributed by atoms with van der Waals surface area (Å²) in [5, 5.41) is 9.81. The maximum atomic E-state index is 12.9. The minimum atomic E-state index is -0.663. The number of benzene rings is 2. The van der Waals surface area contributed by atoms with Crippen molar-refractivity contribution in [2.24, 2.45) is 0 Å². The standard InChI is InChI=1S/C25H20ClN3O3/c1-15(23(30)10-16-3-6-21-19(9-16)14-28(2)25(21)32)29-8-7-17(11-24(29)31)22-12-20(26)5-4-18(22)13-27/h3-9,11-12,15H,10,14H2,1-2H3. The SMILES string of the molecule is CC(C(=O)Cc1ccc2c(c1)CN(C)C2=O)n1ccc(-c2cc(Cl)ccc2C#N)cc1=O. The Balaban J connectivity index is 1.56. The summed E-state index contributed by atoms with van der Waals surface area (Å²) in [6, 6.07) is 14.9. The van der Waals surface area contributed by atoms with E-state index in [9.17, 15) is 19.6 Å². The average Bonchev–Trinajstić information content (AvgIpc) is 3.06. The molecule has 0 fully saturated rings. The fourth-order valence-corrected chi connectivity index (χ4v) is 4.14. The summed E-state index contributed by atoms with van der Waals surface area (Å²) < 4.78 is 1.38. The lowest BCUT2D eigenvalue weighted by molar-refractivity contribution is -0.121. The lowest BCUT2D eigenvalue weighted by atomic mass is 9.99. The number of amides is 1. The molecule has 160 valence electrons. The fourth-order valence-electron chi connectivity index (χ4n) is 3.96. The Bertz CT molecular complexity index is 1350. The largest absolute Gasteiger partial charge is 0.337 e. The molecular weight excluding hydrogens is 426 g/mol.